The molecule has 1 fully saturated rings. The quantitative estimate of drug-likeness (QED) is 0.851. The lowest BCUT2D eigenvalue weighted by Gasteiger charge is -2.35. The van der Waals surface area contributed by atoms with Crippen LogP contribution in [-0.2, 0) is 23.1 Å². The average Bonchev–Trinajstić information content (AvgIpc) is 3.17. The number of aryl methyl sites for hydroxylation is 1. The first kappa shape index (κ1) is 16.0. The minimum atomic E-state index is -0.810. The molecule has 0 radical (unpaired) electrons. The van der Waals surface area contributed by atoms with Crippen molar-refractivity contribution < 1.29 is 9.53 Å². The zero-order valence-electron chi connectivity index (χ0n) is 13.9. The van der Waals surface area contributed by atoms with Gasteiger partial charge in [-0.25, -0.2) is 0 Å². The van der Waals surface area contributed by atoms with E-state index in [0.29, 0.717) is 39.1 Å². The van der Waals surface area contributed by atoms with Crippen molar-refractivity contribution in [2.75, 3.05) is 19.8 Å². The minimum Gasteiger partial charge on any atom is -0.381 e. The first-order valence-electron chi connectivity index (χ1n) is 8.40. The maximum Gasteiger partial charge on any atom is 0.243 e. The molecule has 1 aliphatic carbocycles. The van der Waals surface area contributed by atoms with Crippen LogP contribution in [0.2, 0.25) is 0 Å². The zero-order valence-corrected chi connectivity index (χ0v) is 13.9. The van der Waals surface area contributed by atoms with Gasteiger partial charge in [-0.3, -0.25) is 9.48 Å². The Morgan fingerprint density at radius 3 is 2.91 bits per heavy atom. The second kappa shape index (κ2) is 6.32. The highest BCUT2D eigenvalue weighted by atomic mass is 16.5. The molecule has 23 heavy (non-hydrogen) atoms. The molecule has 2 aliphatic rings. The monoisotopic (exact) mass is 316 g/mol. The summed E-state index contributed by atoms with van der Waals surface area (Å²) in [6.45, 7) is 4.31. The molecule has 0 spiro atoms. The highest BCUT2D eigenvalue weighted by Crippen LogP contribution is 2.41. The van der Waals surface area contributed by atoms with Gasteiger partial charge in [0.25, 0.3) is 0 Å². The maximum absolute atomic E-state index is 13.0. The molecule has 2 heterocycles. The van der Waals surface area contributed by atoms with Gasteiger partial charge < -0.3 is 9.64 Å². The third kappa shape index (κ3) is 2.86. The molecule has 1 saturated carbocycles. The number of ether oxygens (including phenoxy) is 1. The van der Waals surface area contributed by atoms with Crippen LogP contribution >= 0.6 is 0 Å². The highest BCUT2D eigenvalue weighted by molar-refractivity contribution is 5.86. The molecule has 0 N–H and O–H groups in total. The summed E-state index contributed by atoms with van der Waals surface area (Å²) < 4.78 is 7.39. The summed E-state index contributed by atoms with van der Waals surface area (Å²) in [6, 6.07) is 2.32. The van der Waals surface area contributed by atoms with E-state index in [2.05, 4.69) is 11.2 Å². The fraction of sp³-hybridized carbons (Fsp3) is 0.706. The first-order chi connectivity index (χ1) is 11.1. The third-order valence-corrected chi connectivity index (χ3v) is 5.02. The number of hydrogen-bond acceptors (Lipinski definition) is 4. The number of nitrogens with zero attached hydrogens (tertiary/aromatic N) is 4. The first-order valence-corrected chi connectivity index (χ1v) is 8.40. The summed E-state index contributed by atoms with van der Waals surface area (Å²) in [5.41, 5.74) is 1.29. The van der Waals surface area contributed by atoms with Gasteiger partial charge in [0.1, 0.15) is 5.41 Å². The highest BCUT2D eigenvalue weighted by Gasteiger charge is 2.45. The van der Waals surface area contributed by atoms with E-state index in [1.54, 1.807) is 4.68 Å². The lowest BCUT2D eigenvalue weighted by Crippen LogP contribution is -2.46. The molecule has 0 bridgehead atoms. The van der Waals surface area contributed by atoms with E-state index in [4.69, 9.17) is 4.74 Å². The van der Waals surface area contributed by atoms with Gasteiger partial charge in [-0.2, -0.15) is 10.4 Å². The van der Waals surface area contributed by atoms with Gasteiger partial charge >= 0.3 is 0 Å². The van der Waals surface area contributed by atoms with E-state index < -0.39 is 5.41 Å². The summed E-state index contributed by atoms with van der Waals surface area (Å²) in [5.74, 6) is 0.0782. The van der Waals surface area contributed by atoms with Crippen molar-refractivity contribution in [1.29, 1.82) is 5.26 Å². The van der Waals surface area contributed by atoms with Crippen LogP contribution in [0.1, 0.15) is 49.8 Å². The Morgan fingerprint density at radius 2 is 2.26 bits per heavy atom. The molecule has 1 aromatic rings. The number of amides is 1. The van der Waals surface area contributed by atoms with Crippen LogP contribution in [0, 0.1) is 16.7 Å². The predicted molar refractivity (Wildman–Crippen MR) is 84.4 cm³/mol. The number of hydrogen-bond donors (Lipinski definition) is 0. The lowest BCUT2D eigenvalue weighted by atomic mass is 9.85. The van der Waals surface area contributed by atoms with Crippen molar-refractivity contribution in [3.8, 4) is 6.07 Å². The van der Waals surface area contributed by atoms with Gasteiger partial charge in [0.2, 0.25) is 5.91 Å². The summed E-state index contributed by atoms with van der Waals surface area (Å²) in [6.07, 6.45) is 5.28. The van der Waals surface area contributed by atoms with Gasteiger partial charge in [-0.1, -0.05) is 12.8 Å². The summed E-state index contributed by atoms with van der Waals surface area (Å²) in [4.78, 5) is 14.9. The van der Waals surface area contributed by atoms with Crippen LogP contribution in [0.4, 0.5) is 0 Å². The maximum atomic E-state index is 13.0. The topological polar surface area (TPSA) is 71.2 Å². The number of aromatic nitrogens is 2. The van der Waals surface area contributed by atoms with Crippen molar-refractivity contribution in [3.05, 3.63) is 17.5 Å². The molecule has 6 heteroatoms. The van der Waals surface area contributed by atoms with Gasteiger partial charge in [0.15, 0.2) is 0 Å². The molecule has 0 aromatic carbocycles. The minimum absolute atomic E-state index is 0.00602. The molecule has 1 atom stereocenters. The smallest absolute Gasteiger partial charge is 0.243 e. The fourth-order valence-electron chi connectivity index (χ4n) is 3.84. The second-order valence-electron chi connectivity index (χ2n) is 6.66. The van der Waals surface area contributed by atoms with E-state index >= 15 is 0 Å². The molecule has 1 aliphatic heterocycles. The number of rotatable bonds is 4. The lowest BCUT2D eigenvalue weighted by molar-refractivity contribution is -0.140. The third-order valence-electron chi connectivity index (χ3n) is 5.02. The van der Waals surface area contributed by atoms with E-state index in [-0.39, 0.29) is 11.8 Å². The van der Waals surface area contributed by atoms with E-state index in [9.17, 15) is 10.1 Å². The molecule has 3 rings (SSSR count). The summed E-state index contributed by atoms with van der Waals surface area (Å²) >= 11 is 0. The number of carbonyl (C=O) groups is 1. The van der Waals surface area contributed by atoms with Gasteiger partial charge in [0.05, 0.1) is 18.4 Å². The number of fused-ring (bicyclic) bond motifs is 1. The van der Waals surface area contributed by atoms with E-state index in [1.807, 2.05) is 25.1 Å². The van der Waals surface area contributed by atoms with Crippen LogP contribution in [0.3, 0.4) is 0 Å². The second-order valence-corrected chi connectivity index (χ2v) is 6.66. The van der Waals surface area contributed by atoms with Crippen LogP contribution < -0.4 is 0 Å². The van der Waals surface area contributed by atoms with Crippen molar-refractivity contribution >= 4 is 5.91 Å². The van der Waals surface area contributed by atoms with Crippen molar-refractivity contribution in [2.45, 2.75) is 45.1 Å². The number of nitriles is 1. The Morgan fingerprint density at radius 1 is 1.52 bits per heavy atom. The van der Waals surface area contributed by atoms with Gasteiger partial charge in [-0.15, -0.1) is 0 Å². The van der Waals surface area contributed by atoms with Gasteiger partial charge in [0, 0.05) is 44.4 Å². The molecule has 124 valence electrons. The van der Waals surface area contributed by atoms with Crippen LogP contribution in [0.15, 0.2) is 6.20 Å². The largest absolute Gasteiger partial charge is 0.381 e. The van der Waals surface area contributed by atoms with E-state index in [0.717, 1.165) is 24.1 Å². The van der Waals surface area contributed by atoms with E-state index in [1.165, 1.54) is 0 Å². The van der Waals surface area contributed by atoms with Crippen LogP contribution in [0.5, 0.6) is 0 Å². The Hall–Kier alpha value is -1.87. The molecule has 0 saturated heterocycles. The standard InChI is InChI=1S/C17H24N4O2/c1-3-23-11-14-10-21(9-13-8-20(2)19-15(13)14)16(22)17(12-18)6-4-5-7-17/h8,14H,3-7,9-11H2,1-2H3. The molecule has 1 unspecified atom stereocenters. The molecule has 6 nitrogen and oxygen atoms in total. The van der Waals surface area contributed by atoms with Crippen molar-refractivity contribution in [2.24, 2.45) is 12.5 Å². The molecular weight excluding hydrogens is 292 g/mol. The fourth-order valence-corrected chi connectivity index (χ4v) is 3.84. The van der Waals surface area contributed by atoms with Crippen molar-refractivity contribution in [1.82, 2.24) is 14.7 Å². The van der Waals surface area contributed by atoms with Crippen molar-refractivity contribution in [3.63, 3.8) is 0 Å². The predicted octanol–water partition coefficient (Wildman–Crippen LogP) is 1.97. The summed E-state index contributed by atoms with van der Waals surface area (Å²) in [5, 5.41) is 14.1. The molecular formula is C17H24N4O2. The Bertz CT molecular complexity index is 625. The zero-order chi connectivity index (χ0) is 16.4. The van der Waals surface area contributed by atoms with Gasteiger partial charge in [-0.05, 0) is 19.8 Å². The average molecular weight is 316 g/mol. The van der Waals surface area contributed by atoms with Crippen LogP contribution in [0.25, 0.3) is 0 Å². The molecule has 1 amide bonds. The summed E-state index contributed by atoms with van der Waals surface area (Å²) in [7, 11) is 1.90. The normalized spacial score (nSPS) is 22.7. The van der Waals surface area contributed by atoms with Crippen LogP contribution in [-0.4, -0.2) is 40.3 Å². The SMILES string of the molecule is CCOCC1CN(C(=O)C2(C#N)CCCC2)Cc2cn(C)nc21. The Balaban J connectivity index is 1.84. The molecule has 1 aromatic heterocycles. The Kier molecular flexibility index (Phi) is 4.40. The Labute approximate surface area is 137 Å². The number of carbonyl (C=O) groups excluding carboxylic acids is 1.